The molecule has 3 heteroatoms. The molecule has 0 amide bonds. The third kappa shape index (κ3) is 3.66. The van der Waals surface area contributed by atoms with E-state index in [1.165, 1.54) is 5.56 Å². The summed E-state index contributed by atoms with van der Waals surface area (Å²) in [5.74, 6) is -0.837. The molecule has 0 fully saturated rings. The number of hydrogen-bond acceptors (Lipinski definition) is 2. The van der Waals surface area contributed by atoms with Crippen LogP contribution in [0.2, 0.25) is 0 Å². The summed E-state index contributed by atoms with van der Waals surface area (Å²) in [6.45, 7) is 3.84. The van der Waals surface area contributed by atoms with Gasteiger partial charge in [0.1, 0.15) is 0 Å². The molecule has 0 aliphatic carbocycles. The molecular weight excluding hydrogens is 204 g/mol. The van der Waals surface area contributed by atoms with E-state index in [2.05, 4.69) is 0 Å². The highest BCUT2D eigenvalue weighted by molar-refractivity contribution is 5.68. The van der Waals surface area contributed by atoms with Crippen molar-refractivity contribution >= 4 is 5.97 Å². The van der Waals surface area contributed by atoms with E-state index >= 15 is 0 Å². The zero-order valence-corrected chi connectivity index (χ0v) is 9.99. The van der Waals surface area contributed by atoms with Crippen molar-refractivity contribution in [1.29, 1.82) is 0 Å². The van der Waals surface area contributed by atoms with E-state index in [4.69, 9.17) is 9.84 Å². The second-order valence-corrected chi connectivity index (χ2v) is 4.39. The molecule has 3 nitrogen and oxygen atoms in total. The lowest BCUT2D eigenvalue weighted by Gasteiger charge is -2.26. The van der Waals surface area contributed by atoms with E-state index in [0.717, 1.165) is 5.56 Å². The highest BCUT2D eigenvalue weighted by atomic mass is 16.5. The molecule has 0 aromatic heterocycles. The molecule has 1 aromatic carbocycles. The molecule has 1 aromatic rings. The molecule has 16 heavy (non-hydrogen) atoms. The summed E-state index contributed by atoms with van der Waals surface area (Å²) in [7, 11) is 1.55. The second kappa shape index (κ2) is 5.12. The number of carbonyl (C=O) groups is 1. The fourth-order valence-electron chi connectivity index (χ4n) is 1.66. The van der Waals surface area contributed by atoms with Gasteiger partial charge in [-0.15, -0.1) is 0 Å². The molecule has 0 bridgehead atoms. The quantitative estimate of drug-likeness (QED) is 0.832. The lowest BCUT2D eigenvalue weighted by molar-refractivity contribution is -0.143. The third-order valence-electron chi connectivity index (χ3n) is 2.72. The van der Waals surface area contributed by atoms with Gasteiger partial charge in [-0.1, -0.05) is 29.8 Å². The highest BCUT2D eigenvalue weighted by Gasteiger charge is 2.27. The zero-order valence-electron chi connectivity index (χ0n) is 9.99. The molecule has 1 N–H and O–H groups in total. The maximum Gasteiger partial charge on any atom is 0.306 e. The zero-order chi connectivity index (χ0) is 12.2. The first-order valence-electron chi connectivity index (χ1n) is 5.28. The van der Waals surface area contributed by atoms with E-state index in [0.29, 0.717) is 6.42 Å². The molecular formula is C13H18O3. The largest absolute Gasteiger partial charge is 0.481 e. The van der Waals surface area contributed by atoms with Crippen molar-refractivity contribution in [2.75, 3.05) is 7.11 Å². The minimum Gasteiger partial charge on any atom is -0.481 e. The number of carboxylic acid groups (broad SMARTS) is 1. The van der Waals surface area contributed by atoms with E-state index in [1.807, 2.05) is 38.1 Å². The monoisotopic (exact) mass is 222 g/mol. The third-order valence-corrected chi connectivity index (χ3v) is 2.72. The van der Waals surface area contributed by atoms with Gasteiger partial charge in [-0.05, 0) is 19.4 Å². The Morgan fingerprint density at radius 3 is 2.38 bits per heavy atom. The molecule has 0 radical (unpaired) electrons. The molecule has 88 valence electrons. The first-order valence-corrected chi connectivity index (χ1v) is 5.28. The lowest BCUT2D eigenvalue weighted by atomic mass is 9.92. The van der Waals surface area contributed by atoms with Gasteiger partial charge in [0.15, 0.2) is 0 Å². The van der Waals surface area contributed by atoms with Crippen LogP contribution in [0.1, 0.15) is 24.5 Å². The van der Waals surface area contributed by atoms with E-state index in [-0.39, 0.29) is 6.42 Å². The molecule has 1 unspecified atom stereocenters. The van der Waals surface area contributed by atoms with Gasteiger partial charge in [0.25, 0.3) is 0 Å². The SMILES string of the molecule is COC(C)(CC(=O)O)Cc1ccc(C)cc1. The number of methoxy groups -OCH3 is 1. The fourth-order valence-corrected chi connectivity index (χ4v) is 1.66. The predicted octanol–water partition coefficient (Wildman–Crippen LogP) is 2.42. The lowest BCUT2D eigenvalue weighted by Crippen LogP contribution is -2.33. The van der Waals surface area contributed by atoms with Gasteiger partial charge in [-0.3, -0.25) is 4.79 Å². The molecule has 0 saturated carbocycles. The Morgan fingerprint density at radius 1 is 1.38 bits per heavy atom. The van der Waals surface area contributed by atoms with Crippen LogP contribution < -0.4 is 0 Å². The molecule has 1 atom stereocenters. The summed E-state index contributed by atoms with van der Waals surface area (Å²) < 4.78 is 5.30. The van der Waals surface area contributed by atoms with Gasteiger partial charge < -0.3 is 9.84 Å². The summed E-state index contributed by atoms with van der Waals surface area (Å²) in [6, 6.07) is 8.06. The van der Waals surface area contributed by atoms with Crippen molar-refractivity contribution in [3.8, 4) is 0 Å². The number of carboxylic acids is 1. The van der Waals surface area contributed by atoms with Crippen LogP contribution in [0.15, 0.2) is 24.3 Å². The Hall–Kier alpha value is -1.35. The van der Waals surface area contributed by atoms with Crippen LogP contribution in [-0.4, -0.2) is 23.8 Å². The minimum atomic E-state index is -0.837. The Bertz CT molecular complexity index is 356. The van der Waals surface area contributed by atoms with Crippen molar-refractivity contribution < 1.29 is 14.6 Å². The summed E-state index contributed by atoms with van der Waals surface area (Å²) in [6.07, 6.45) is 0.619. The van der Waals surface area contributed by atoms with Crippen LogP contribution in [0.25, 0.3) is 0 Å². The molecule has 0 spiro atoms. The maximum atomic E-state index is 10.7. The van der Waals surface area contributed by atoms with Crippen LogP contribution in [-0.2, 0) is 16.0 Å². The molecule has 1 rings (SSSR count). The summed E-state index contributed by atoms with van der Waals surface area (Å²) >= 11 is 0. The number of ether oxygens (including phenoxy) is 1. The van der Waals surface area contributed by atoms with Crippen molar-refractivity contribution in [3.05, 3.63) is 35.4 Å². The van der Waals surface area contributed by atoms with Crippen LogP contribution in [0.4, 0.5) is 0 Å². The Kier molecular flexibility index (Phi) is 4.07. The Labute approximate surface area is 96.1 Å². The summed E-state index contributed by atoms with van der Waals surface area (Å²) in [5, 5.41) is 8.82. The fraction of sp³-hybridized carbons (Fsp3) is 0.462. The van der Waals surface area contributed by atoms with E-state index in [1.54, 1.807) is 7.11 Å². The Morgan fingerprint density at radius 2 is 1.94 bits per heavy atom. The minimum absolute atomic E-state index is 0.0113. The van der Waals surface area contributed by atoms with Crippen molar-refractivity contribution in [2.24, 2.45) is 0 Å². The Balaban J connectivity index is 2.76. The first-order chi connectivity index (χ1) is 7.45. The van der Waals surface area contributed by atoms with Crippen LogP contribution >= 0.6 is 0 Å². The second-order valence-electron chi connectivity index (χ2n) is 4.39. The van der Waals surface area contributed by atoms with Gasteiger partial charge in [-0.25, -0.2) is 0 Å². The number of benzene rings is 1. The molecule has 0 saturated heterocycles. The van der Waals surface area contributed by atoms with Crippen molar-refractivity contribution in [2.45, 2.75) is 32.3 Å². The smallest absolute Gasteiger partial charge is 0.306 e. The standard InChI is InChI=1S/C13H18O3/c1-10-4-6-11(7-5-10)8-13(2,16-3)9-12(14)15/h4-7H,8-9H2,1-3H3,(H,14,15). The van der Waals surface area contributed by atoms with Gasteiger partial charge in [0.05, 0.1) is 12.0 Å². The number of aliphatic carboxylic acids is 1. The van der Waals surface area contributed by atoms with Gasteiger partial charge in [-0.2, -0.15) is 0 Å². The summed E-state index contributed by atoms with van der Waals surface area (Å²) in [5.41, 5.74) is 1.65. The first kappa shape index (κ1) is 12.7. The molecule has 0 aliphatic rings. The van der Waals surface area contributed by atoms with E-state index < -0.39 is 11.6 Å². The maximum absolute atomic E-state index is 10.7. The highest BCUT2D eigenvalue weighted by Crippen LogP contribution is 2.21. The topological polar surface area (TPSA) is 46.5 Å². The number of aryl methyl sites for hydroxylation is 1. The van der Waals surface area contributed by atoms with Crippen molar-refractivity contribution in [1.82, 2.24) is 0 Å². The van der Waals surface area contributed by atoms with Gasteiger partial charge in [0, 0.05) is 13.5 Å². The van der Waals surface area contributed by atoms with Crippen LogP contribution in [0, 0.1) is 6.92 Å². The van der Waals surface area contributed by atoms with Crippen LogP contribution in [0.3, 0.4) is 0 Å². The van der Waals surface area contributed by atoms with E-state index in [9.17, 15) is 4.79 Å². The average molecular weight is 222 g/mol. The average Bonchev–Trinajstić information content (AvgIpc) is 2.20. The normalized spacial score (nSPS) is 14.4. The van der Waals surface area contributed by atoms with Crippen molar-refractivity contribution in [3.63, 3.8) is 0 Å². The van der Waals surface area contributed by atoms with Gasteiger partial charge >= 0.3 is 5.97 Å². The predicted molar refractivity (Wildman–Crippen MR) is 62.5 cm³/mol. The number of rotatable bonds is 5. The molecule has 0 aliphatic heterocycles. The molecule has 0 heterocycles. The summed E-state index contributed by atoms with van der Waals surface area (Å²) in [4.78, 5) is 10.7. The van der Waals surface area contributed by atoms with Crippen LogP contribution in [0.5, 0.6) is 0 Å². The van der Waals surface area contributed by atoms with Gasteiger partial charge in [0.2, 0.25) is 0 Å². The number of hydrogen-bond donors (Lipinski definition) is 1.